The van der Waals surface area contributed by atoms with Gasteiger partial charge in [-0.15, -0.1) is 11.3 Å². The van der Waals surface area contributed by atoms with Crippen molar-refractivity contribution in [3.8, 4) is 29.0 Å². The lowest BCUT2D eigenvalue weighted by atomic mass is 9.91. The molecule has 3 aromatic heterocycles. The molecule has 11 nitrogen and oxygen atoms in total. The Balaban J connectivity index is 0.000000328. The van der Waals surface area contributed by atoms with E-state index < -0.39 is 51.8 Å². The fraction of sp³-hybridized carbons (Fsp3) is 0.421. The van der Waals surface area contributed by atoms with Gasteiger partial charge in [-0.1, -0.05) is 12.1 Å². The van der Waals surface area contributed by atoms with Crippen LogP contribution < -0.4 is 25.8 Å². The second kappa shape index (κ2) is 14.9. The molecule has 6 heterocycles. The van der Waals surface area contributed by atoms with Gasteiger partial charge < -0.3 is 35.6 Å². The molecule has 0 amide bonds. The molecule has 0 saturated carbocycles. The summed E-state index contributed by atoms with van der Waals surface area (Å²) in [4.78, 5) is 19.2. The number of nitrogen functional groups attached to an aromatic ring is 2. The Morgan fingerprint density at radius 2 is 1.93 bits per heavy atom. The molecule has 2 saturated heterocycles. The number of rotatable bonds is 6. The van der Waals surface area contributed by atoms with Gasteiger partial charge in [-0.05, 0) is 70.4 Å². The molecular weight excluding hydrogens is 742 g/mol. The second-order valence-corrected chi connectivity index (χ2v) is 15.3. The number of fused-ring (bicyclic) bond motifs is 2. The van der Waals surface area contributed by atoms with Crippen molar-refractivity contribution in [1.29, 1.82) is 5.26 Å². The molecule has 0 aliphatic carbocycles. The average Bonchev–Trinajstić information content (AvgIpc) is 3.80. The van der Waals surface area contributed by atoms with E-state index in [1.54, 1.807) is 30.0 Å². The molecule has 3 aliphatic heterocycles. The molecule has 0 bridgehead atoms. The van der Waals surface area contributed by atoms with Crippen LogP contribution in [0.1, 0.15) is 48.9 Å². The highest BCUT2D eigenvalue weighted by Gasteiger charge is 2.44. The van der Waals surface area contributed by atoms with Crippen molar-refractivity contribution in [2.75, 3.05) is 70.4 Å². The summed E-state index contributed by atoms with van der Waals surface area (Å²) in [5, 5.41) is 9.02. The number of nitrogens with two attached hydrogens (primary N) is 2. The minimum Gasteiger partial charge on any atom is -0.490 e. The number of halogens is 5. The Labute approximate surface area is 318 Å². The Morgan fingerprint density at radius 3 is 2.60 bits per heavy atom. The number of benzene rings is 2. The molecule has 8 rings (SSSR count). The Kier molecular flexibility index (Phi) is 10.3. The number of aromatic nitrogens is 3. The third-order valence-electron chi connectivity index (χ3n) is 10.5. The predicted molar refractivity (Wildman–Crippen MR) is 202 cm³/mol. The van der Waals surface area contributed by atoms with E-state index in [0.29, 0.717) is 16.9 Å². The van der Waals surface area contributed by atoms with E-state index in [1.165, 1.54) is 52.2 Å². The summed E-state index contributed by atoms with van der Waals surface area (Å²) < 4.78 is 87.5. The van der Waals surface area contributed by atoms with Crippen molar-refractivity contribution in [1.82, 2.24) is 24.8 Å². The van der Waals surface area contributed by atoms with Gasteiger partial charge in [0, 0.05) is 41.8 Å². The number of anilines is 3. The highest BCUT2D eigenvalue weighted by Crippen LogP contribution is 2.53. The number of methoxy groups -OCH3 is 1. The van der Waals surface area contributed by atoms with Crippen LogP contribution in [0.25, 0.3) is 32.1 Å². The molecule has 3 unspecified atom stereocenters. The van der Waals surface area contributed by atoms with E-state index in [4.69, 9.17) is 20.9 Å². The van der Waals surface area contributed by atoms with E-state index in [2.05, 4.69) is 38.8 Å². The summed E-state index contributed by atoms with van der Waals surface area (Å²) >= 11 is 0.675. The first-order chi connectivity index (χ1) is 26.2. The summed E-state index contributed by atoms with van der Waals surface area (Å²) in [6.45, 7) is 5.52. The maximum absolute atomic E-state index is 16.7. The Morgan fingerprint density at radius 1 is 1.15 bits per heavy atom. The standard InChI is InChI=1S/C28H20F5N7O2S.C10H20N2/c1-11(12-4-3-7-37-24(12)35)40-8-9-42-22-18-21(38-27(41-2)39-26(18)40)20(30)17(19(22)28(31,32)33)13-5-6-15(29)23-16(13)14(10-34)25(36)43-23;1-11(2)7-9-6-10-4-3-5-12(10)8-9/h3-7,11H,8-9,36H2,1-2H3,(H2,35,37);9-10H,3-8H2,1-2H3. The van der Waals surface area contributed by atoms with Crippen molar-refractivity contribution >= 4 is 49.0 Å². The molecular formula is C38H40F5N9O2S. The highest BCUT2D eigenvalue weighted by molar-refractivity contribution is 7.23. The summed E-state index contributed by atoms with van der Waals surface area (Å²) in [5.74, 6) is -1.88. The number of ether oxygens (including phenoxy) is 2. The van der Waals surface area contributed by atoms with Crippen molar-refractivity contribution in [2.24, 2.45) is 5.92 Å². The molecule has 55 heavy (non-hydrogen) atoms. The topological polar surface area (TPSA) is 143 Å². The fourth-order valence-electron chi connectivity index (χ4n) is 8.26. The number of hydrogen-bond donors (Lipinski definition) is 2. The molecule has 2 aromatic carbocycles. The van der Waals surface area contributed by atoms with Gasteiger partial charge >= 0.3 is 12.2 Å². The second-order valence-electron chi connectivity index (χ2n) is 14.3. The molecule has 290 valence electrons. The van der Waals surface area contributed by atoms with Gasteiger partial charge in [0.2, 0.25) is 0 Å². The minimum atomic E-state index is -5.18. The van der Waals surface area contributed by atoms with Gasteiger partial charge in [0.25, 0.3) is 0 Å². The van der Waals surface area contributed by atoms with Crippen LogP contribution in [0.5, 0.6) is 11.8 Å². The zero-order chi connectivity index (χ0) is 39.3. The SMILES string of the molecule is CN(C)CC1CC2CCCN2C1.COc1nc2c3c(c(C(F)(F)F)c(-c4ccc(F)c5sc(N)c(C#N)c45)c(F)c3n1)OCCN2C(C)c1cccnc1N. The Bertz CT molecular complexity index is 2300. The quantitative estimate of drug-likeness (QED) is 0.168. The van der Waals surface area contributed by atoms with Crippen molar-refractivity contribution in [3.63, 3.8) is 0 Å². The highest BCUT2D eigenvalue weighted by atomic mass is 32.1. The van der Waals surface area contributed by atoms with E-state index in [-0.39, 0.29) is 56.8 Å². The normalized spacial score (nSPS) is 18.8. The largest absolute Gasteiger partial charge is 0.490 e. The number of hydrogen-bond acceptors (Lipinski definition) is 12. The number of alkyl halides is 3. The summed E-state index contributed by atoms with van der Waals surface area (Å²) in [5.41, 5.74) is 8.91. The first kappa shape index (κ1) is 38.2. The number of nitriles is 1. The molecule has 0 spiro atoms. The number of nitrogens with zero attached hydrogens (tertiary/aromatic N) is 7. The zero-order valence-corrected chi connectivity index (χ0v) is 31.5. The van der Waals surface area contributed by atoms with E-state index in [0.717, 1.165) is 24.1 Å². The van der Waals surface area contributed by atoms with Gasteiger partial charge in [0.1, 0.15) is 52.0 Å². The first-order valence-corrected chi connectivity index (χ1v) is 18.6. The van der Waals surface area contributed by atoms with Gasteiger partial charge in [-0.2, -0.15) is 28.4 Å². The first-order valence-electron chi connectivity index (χ1n) is 17.8. The lowest BCUT2D eigenvalue weighted by Crippen LogP contribution is -2.31. The molecule has 17 heteroatoms. The van der Waals surface area contributed by atoms with E-state index >= 15 is 17.6 Å². The van der Waals surface area contributed by atoms with E-state index in [1.807, 2.05) is 0 Å². The maximum Gasteiger partial charge on any atom is 0.420 e. The minimum absolute atomic E-state index is 0.0220. The van der Waals surface area contributed by atoms with Crippen LogP contribution in [0.3, 0.4) is 0 Å². The fourth-order valence-corrected chi connectivity index (χ4v) is 9.21. The maximum atomic E-state index is 16.7. The van der Waals surface area contributed by atoms with Crippen LogP contribution >= 0.6 is 11.3 Å². The predicted octanol–water partition coefficient (Wildman–Crippen LogP) is 7.24. The van der Waals surface area contributed by atoms with Crippen LogP contribution in [-0.2, 0) is 6.18 Å². The van der Waals surface area contributed by atoms with Crippen molar-refractivity contribution < 1.29 is 31.4 Å². The molecule has 3 atom stereocenters. The molecule has 4 N–H and O–H groups in total. The molecule has 3 aliphatic rings. The lowest BCUT2D eigenvalue weighted by molar-refractivity contribution is -0.138. The monoisotopic (exact) mass is 781 g/mol. The molecule has 5 aromatic rings. The number of pyridine rings is 1. The summed E-state index contributed by atoms with van der Waals surface area (Å²) in [6.07, 6.45) is 0.679. The molecule has 2 fully saturated rings. The summed E-state index contributed by atoms with van der Waals surface area (Å²) in [7, 11) is 5.60. The van der Waals surface area contributed by atoms with Gasteiger partial charge in [-0.3, -0.25) is 0 Å². The number of thiophene rings is 1. The van der Waals surface area contributed by atoms with Gasteiger partial charge in [-0.25, -0.2) is 13.8 Å². The van der Waals surface area contributed by atoms with Crippen molar-refractivity contribution in [3.05, 3.63) is 58.8 Å². The van der Waals surface area contributed by atoms with Gasteiger partial charge in [0.15, 0.2) is 5.82 Å². The average molecular weight is 782 g/mol. The zero-order valence-electron chi connectivity index (χ0n) is 30.7. The van der Waals surface area contributed by atoms with Crippen LogP contribution in [0.15, 0.2) is 30.5 Å². The third-order valence-corrected chi connectivity index (χ3v) is 11.6. The molecule has 0 radical (unpaired) electrons. The smallest absolute Gasteiger partial charge is 0.420 e. The van der Waals surface area contributed by atoms with Crippen LogP contribution in [0.4, 0.5) is 38.6 Å². The van der Waals surface area contributed by atoms with Gasteiger partial charge in [0.05, 0.1) is 35.3 Å². The van der Waals surface area contributed by atoms with Crippen LogP contribution in [0.2, 0.25) is 0 Å². The summed E-state index contributed by atoms with van der Waals surface area (Å²) in [6, 6.07) is 7.08. The van der Waals surface area contributed by atoms with Crippen LogP contribution in [0, 0.1) is 28.9 Å². The van der Waals surface area contributed by atoms with Crippen LogP contribution in [-0.4, -0.2) is 84.8 Å². The van der Waals surface area contributed by atoms with E-state index in [9.17, 15) is 9.65 Å². The van der Waals surface area contributed by atoms with Crippen molar-refractivity contribution in [2.45, 2.75) is 44.4 Å². The Hall–Kier alpha value is -5.05. The third kappa shape index (κ3) is 6.91. The lowest BCUT2D eigenvalue weighted by Gasteiger charge is -2.30.